The van der Waals surface area contributed by atoms with Crippen LogP contribution in [0.5, 0.6) is 11.5 Å². The van der Waals surface area contributed by atoms with Crippen molar-refractivity contribution >= 4 is 51.4 Å². The van der Waals surface area contributed by atoms with Crippen LogP contribution in [0.25, 0.3) is 5.57 Å². The number of fused-ring (bicyclic) bond motifs is 1. The number of thiocarbonyl (C=S) groups is 1. The summed E-state index contributed by atoms with van der Waals surface area (Å²) in [6.45, 7) is 0.419. The number of carbonyl (C=O) groups is 2. The van der Waals surface area contributed by atoms with Crippen LogP contribution < -0.4 is 14.4 Å². The molecule has 2 aromatic rings. The van der Waals surface area contributed by atoms with E-state index in [1.165, 1.54) is 11.8 Å². The molecule has 154 valence electrons. The van der Waals surface area contributed by atoms with E-state index in [0.29, 0.717) is 39.3 Å². The number of nitrogens with zero attached hydrogens (tertiary/aromatic N) is 2. The lowest BCUT2D eigenvalue weighted by Gasteiger charge is -2.15. The van der Waals surface area contributed by atoms with Gasteiger partial charge in [-0.1, -0.05) is 48.2 Å². The van der Waals surface area contributed by atoms with Gasteiger partial charge in [0.2, 0.25) is 0 Å². The van der Waals surface area contributed by atoms with Crippen molar-refractivity contribution in [1.82, 2.24) is 4.90 Å². The number of anilines is 1. The number of thioether (sulfide) groups is 1. The number of carbonyl (C=O) groups excluding carboxylic acids is 2. The quantitative estimate of drug-likeness (QED) is 0.524. The molecule has 30 heavy (non-hydrogen) atoms. The van der Waals surface area contributed by atoms with Gasteiger partial charge >= 0.3 is 0 Å². The van der Waals surface area contributed by atoms with Crippen molar-refractivity contribution in [2.24, 2.45) is 0 Å². The highest BCUT2D eigenvalue weighted by Gasteiger charge is 2.40. The van der Waals surface area contributed by atoms with Gasteiger partial charge in [0, 0.05) is 19.2 Å². The van der Waals surface area contributed by atoms with E-state index in [4.69, 9.17) is 21.7 Å². The number of benzene rings is 2. The maximum Gasteiger partial charge on any atom is 0.267 e. The van der Waals surface area contributed by atoms with Crippen LogP contribution in [0.15, 0.2) is 47.4 Å². The lowest BCUT2D eigenvalue weighted by molar-refractivity contribution is -0.122. The van der Waals surface area contributed by atoms with Crippen LogP contribution in [0.3, 0.4) is 0 Å². The summed E-state index contributed by atoms with van der Waals surface area (Å²) in [5.74, 6) is 0.883. The monoisotopic (exact) mass is 440 g/mol. The molecule has 2 amide bonds. The Morgan fingerprint density at radius 1 is 1.00 bits per heavy atom. The van der Waals surface area contributed by atoms with Gasteiger partial charge in [0.05, 0.1) is 30.4 Å². The summed E-state index contributed by atoms with van der Waals surface area (Å²) in [5.41, 5.74) is 2.99. The molecule has 0 saturated carbocycles. The molecule has 6 nitrogen and oxygen atoms in total. The first-order valence-corrected chi connectivity index (χ1v) is 10.5. The second-order valence-corrected chi connectivity index (χ2v) is 8.49. The number of para-hydroxylation sites is 1. The fraction of sp³-hybridized carbons (Fsp3) is 0.227. The third-order valence-electron chi connectivity index (χ3n) is 5.20. The molecule has 2 heterocycles. The number of hydrogen-bond acceptors (Lipinski definition) is 6. The molecule has 0 aromatic heterocycles. The van der Waals surface area contributed by atoms with Gasteiger partial charge in [0.25, 0.3) is 11.8 Å². The van der Waals surface area contributed by atoms with E-state index in [0.717, 1.165) is 16.8 Å². The summed E-state index contributed by atoms with van der Waals surface area (Å²) in [4.78, 5) is 29.5. The Bertz CT molecular complexity index is 1100. The number of ether oxygens (including phenoxy) is 2. The van der Waals surface area contributed by atoms with E-state index in [2.05, 4.69) is 0 Å². The van der Waals surface area contributed by atoms with Crippen LogP contribution in [-0.2, 0) is 16.0 Å². The number of methoxy groups -OCH3 is 2. The fourth-order valence-electron chi connectivity index (χ4n) is 3.61. The van der Waals surface area contributed by atoms with Gasteiger partial charge in [0.15, 0.2) is 11.5 Å². The zero-order chi connectivity index (χ0) is 21.4. The van der Waals surface area contributed by atoms with Crippen LogP contribution in [0.2, 0.25) is 0 Å². The summed E-state index contributed by atoms with van der Waals surface area (Å²) >= 11 is 6.66. The van der Waals surface area contributed by atoms with Crippen LogP contribution in [-0.4, -0.2) is 48.8 Å². The summed E-state index contributed by atoms with van der Waals surface area (Å²) < 4.78 is 11.1. The highest BCUT2D eigenvalue weighted by molar-refractivity contribution is 8.26. The summed E-state index contributed by atoms with van der Waals surface area (Å²) in [6.07, 6.45) is 0.597. The smallest absolute Gasteiger partial charge is 0.267 e. The standard InChI is InChI=1S/C22H20N2O4S2/c1-23-15-7-5-4-6-14(15)18(20(23)25)19-21(26)24(22(29)30-19)11-10-13-8-9-16(27-2)17(12-13)28-3/h4-9,12H,10-11H2,1-3H3/b19-18-. The predicted octanol–water partition coefficient (Wildman–Crippen LogP) is 3.49. The van der Waals surface area contributed by atoms with Crippen molar-refractivity contribution < 1.29 is 19.1 Å². The Morgan fingerprint density at radius 3 is 2.47 bits per heavy atom. The predicted molar refractivity (Wildman–Crippen MR) is 122 cm³/mol. The third kappa shape index (κ3) is 3.36. The Hall–Kier alpha value is -2.84. The van der Waals surface area contributed by atoms with Crippen LogP contribution in [0.1, 0.15) is 11.1 Å². The van der Waals surface area contributed by atoms with Gasteiger partial charge in [0.1, 0.15) is 4.32 Å². The molecular formula is C22H20N2O4S2. The summed E-state index contributed by atoms with van der Waals surface area (Å²) in [5, 5.41) is 0. The molecule has 2 aromatic carbocycles. The van der Waals surface area contributed by atoms with Crippen molar-refractivity contribution in [3.8, 4) is 11.5 Å². The third-order valence-corrected chi connectivity index (χ3v) is 6.65. The highest BCUT2D eigenvalue weighted by Crippen LogP contribution is 2.44. The van der Waals surface area contributed by atoms with E-state index >= 15 is 0 Å². The molecule has 0 unspecified atom stereocenters. The van der Waals surface area contributed by atoms with Gasteiger partial charge in [-0.25, -0.2) is 0 Å². The number of hydrogen-bond donors (Lipinski definition) is 0. The molecule has 0 spiro atoms. The number of amides is 2. The Balaban J connectivity index is 1.59. The largest absolute Gasteiger partial charge is 0.493 e. The average molecular weight is 441 g/mol. The lowest BCUT2D eigenvalue weighted by atomic mass is 10.1. The molecule has 8 heteroatoms. The molecule has 0 atom stereocenters. The Morgan fingerprint density at radius 2 is 1.73 bits per heavy atom. The molecule has 0 radical (unpaired) electrons. The second kappa shape index (κ2) is 8.12. The van der Waals surface area contributed by atoms with E-state index in [1.807, 2.05) is 42.5 Å². The average Bonchev–Trinajstić information content (AvgIpc) is 3.18. The van der Waals surface area contributed by atoms with Crippen molar-refractivity contribution in [2.75, 3.05) is 32.7 Å². The first-order valence-electron chi connectivity index (χ1n) is 9.32. The molecular weight excluding hydrogens is 420 g/mol. The minimum absolute atomic E-state index is 0.184. The SMILES string of the molecule is COc1ccc(CCN2C(=O)/C(=C3/C(=O)N(C)c4ccccc43)SC2=S)cc1OC. The number of likely N-dealkylation sites (N-methyl/N-ethyl adjacent to an activating group) is 1. The summed E-state index contributed by atoms with van der Waals surface area (Å²) in [7, 11) is 4.89. The molecule has 1 saturated heterocycles. The maximum absolute atomic E-state index is 13.2. The molecule has 1 fully saturated rings. The lowest BCUT2D eigenvalue weighted by Crippen LogP contribution is -2.30. The van der Waals surface area contributed by atoms with Gasteiger partial charge in [-0.15, -0.1) is 0 Å². The number of rotatable bonds is 5. The van der Waals surface area contributed by atoms with Gasteiger partial charge < -0.3 is 14.4 Å². The minimum Gasteiger partial charge on any atom is -0.493 e. The molecule has 2 aliphatic rings. The molecule has 2 aliphatic heterocycles. The van der Waals surface area contributed by atoms with Crippen molar-refractivity contribution in [3.05, 3.63) is 58.5 Å². The Kier molecular flexibility index (Phi) is 5.53. The zero-order valence-corrected chi connectivity index (χ0v) is 18.4. The molecule has 0 N–H and O–H groups in total. The van der Waals surface area contributed by atoms with Crippen LogP contribution in [0, 0.1) is 0 Å². The normalized spacial score (nSPS) is 18.3. The zero-order valence-electron chi connectivity index (χ0n) is 16.8. The fourth-order valence-corrected chi connectivity index (χ4v) is 4.99. The van der Waals surface area contributed by atoms with Gasteiger partial charge in [-0.05, 0) is 30.2 Å². The molecule has 0 aliphatic carbocycles. The Labute approximate surface area is 184 Å². The van der Waals surface area contributed by atoms with Crippen molar-refractivity contribution in [3.63, 3.8) is 0 Å². The van der Waals surface area contributed by atoms with E-state index in [1.54, 1.807) is 31.1 Å². The van der Waals surface area contributed by atoms with Crippen molar-refractivity contribution in [1.29, 1.82) is 0 Å². The summed E-state index contributed by atoms with van der Waals surface area (Å²) in [6, 6.07) is 13.1. The van der Waals surface area contributed by atoms with E-state index < -0.39 is 0 Å². The van der Waals surface area contributed by atoms with Crippen LogP contribution in [0.4, 0.5) is 5.69 Å². The highest BCUT2D eigenvalue weighted by atomic mass is 32.2. The van der Waals surface area contributed by atoms with Crippen molar-refractivity contribution in [2.45, 2.75) is 6.42 Å². The van der Waals surface area contributed by atoms with E-state index in [9.17, 15) is 9.59 Å². The topological polar surface area (TPSA) is 59.1 Å². The second-order valence-electron chi connectivity index (χ2n) is 6.85. The molecule has 4 rings (SSSR count). The van der Waals surface area contributed by atoms with Gasteiger partial charge in [-0.3, -0.25) is 14.5 Å². The van der Waals surface area contributed by atoms with E-state index in [-0.39, 0.29) is 11.8 Å². The first kappa shape index (κ1) is 20.4. The van der Waals surface area contributed by atoms with Gasteiger partial charge in [-0.2, -0.15) is 0 Å². The maximum atomic E-state index is 13.2. The van der Waals surface area contributed by atoms with Crippen LogP contribution >= 0.6 is 24.0 Å². The first-order chi connectivity index (χ1) is 14.5. The molecule has 0 bridgehead atoms. The minimum atomic E-state index is -0.223.